The molecule has 6 rings (SSSR count). The molecule has 13 nitrogen and oxygen atoms in total. The number of aryl methyl sites for hydroxylation is 1. The van der Waals surface area contributed by atoms with Crippen LogP contribution in [0.3, 0.4) is 0 Å². The number of carboxylic acid groups (broad SMARTS) is 1. The van der Waals surface area contributed by atoms with Crippen LogP contribution in [0.1, 0.15) is 31.4 Å². The molecule has 2 N–H and O–H groups in total. The zero-order chi connectivity index (χ0) is 33.2. The lowest BCUT2D eigenvalue weighted by Crippen LogP contribution is -2.68. The van der Waals surface area contributed by atoms with Gasteiger partial charge in [0.05, 0.1) is 27.4 Å². The van der Waals surface area contributed by atoms with E-state index in [9.17, 15) is 33.2 Å². The van der Waals surface area contributed by atoms with Gasteiger partial charge in [0.25, 0.3) is 5.91 Å². The number of halogens is 3. The minimum Gasteiger partial charge on any atom is -0.465 e. The molecule has 2 saturated heterocycles. The Balaban J connectivity index is 1.39. The van der Waals surface area contributed by atoms with Gasteiger partial charge in [0.15, 0.2) is 15.4 Å². The van der Waals surface area contributed by atoms with Crippen LogP contribution in [0.15, 0.2) is 52.2 Å². The summed E-state index contributed by atoms with van der Waals surface area (Å²) < 4.78 is 45.3. The fraction of sp³-hybridized carbons (Fsp3) is 0.379. The summed E-state index contributed by atoms with van der Waals surface area (Å²) in [5, 5.41) is 24.9. The number of nitrogens with zero attached hydrogens (tertiary/aromatic N) is 6. The third-order valence-electron chi connectivity index (χ3n) is 8.81. The number of carbonyl (C=O) groups is 3. The van der Waals surface area contributed by atoms with Crippen LogP contribution in [0.4, 0.5) is 9.18 Å². The number of sulfone groups is 1. The predicted molar refractivity (Wildman–Crippen MR) is 163 cm³/mol. The van der Waals surface area contributed by atoms with Crippen LogP contribution >= 0.6 is 27.5 Å². The maximum Gasteiger partial charge on any atom is 0.408 e. The second-order valence-electron chi connectivity index (χ2n) is 11.6. The van der Waals surface area contributed by atoms with Gasteiger partial charge < -0.3 is 15.3 Å². The van der Waals surface area contributed by atoms with Crippen LogP contribution in [0.2, 0.25) is 5.02 Å². The lowest BCUT2D eigenvalue weighted by atomic mass is 9.79. The number of carbonyl (C=O) groups excluding carboxylic acids is 2. The number of pyridine rings is 1. The molecule has 3 atom stereocenters. The number of rotatable bonds is 7. The maximum atomic E-state index is 15.4. The van der Waals surface area contributed by atoms with E-state index in [0.717, 1.165) is 15.9 Å². The normalized spacial score (nSPS) is 23.4. The van der Waals surface area contributed by atoms with Gasteiger partial charge in [-0.3, -0.25) is 24.2 Å². The summed E-state index contributed by atoms with van der Waals surface area (Å²) in [7, 11) is -2.56. The topological polar surface area (TPSA) is 179 Å². The number of nitrogens with one attached hydrogen (secondary N) is 1. The molecule has 4 heterocycles. The van der Waals surface area contributed by atoms with Crippen LogP contribution in [-0.4, -0.2) is 85.9 Å². The lowest BCUT2D eigenvalue weighted by molar-refractivity contribution is -0.156. The van der Waals surface area contributed by atoms with E-state index < -0.39 is 68.2 Å². The largest absolute Gasteiger partial charge is 0.465 e. The first-order valence-corrected chi connectivity index (χ1v) is 16.8. The summed E-state index contributed by atoms with van der Waals surface area (Å²) in [6, 6.07) is 6.04. The highest BCUT2D eigenvalue weighted by Gasteiger charge is 2.62. The van der Waals surface area contributed by atoms with E-state index in [0.29, 0.717) is 24.0 Å². The third-order valence-corrected chi connectivity index (χ3v) is 11.9. The molecule has 1 aliphatic carbocycles. The Morgan fingerprint density at radius 3 is 2.48 bits per heavy atom. The summed E-state index contributed by atoms with van der Waals surface area (Å²) in [6.45, 7) is -0.645. The van der Waals surface area contributed by atoms with Crippen molar-refractivity contribution < 1.29 is 32.3 Å². The van der Waals surface area contributed by atoms with E-state index in [1.165, 1.54) is 18.3 Å². The van der Waals surface area contributed by atoms with Gasteiger partial charge in [-0.1, -0.05) is 17.7 Å². The summed E-state index contributed by atoms with van der Waals surface area (Å²) in [5.41, 5.74) is -2.44. The van der Waals surface area contributed by atoms with E-state index in [-0.39, 0.29) is 33.8 Å². The van der Waals surface area contributed by atoms with Gasteiger partial charge >= 0.3 is 6.09 Å². The number of benzene rings is 1. The highest BCUT2D eigenvalue weighted by molar-refractivity contribution is 9.10. The Kier molecular flexibility index (Phi) is 7.85. The van der Waals surface area contributed by atoms with Crippen LogP contribution in [-0.2, 0) is 32.0 Å². The van der Waals surface area contributed by atoms with Crippen molar-refractivity contribution >= 4 is 55.3 Å². The van der Waals surface area contributed by atoms with Crippen LogP contribution < -0.4 is 5.32 Å². The molecular formula is C29H26BrClFN7O6S. The van der Waals surface area contributed by atoms with Crippen molar-refractivity contribution in [1.29, 1.82) is 5.26 Å². The Morgan fingerprint density at radius 2 is 1.93 bits per heavy atom. The molecule has 240 valence electrons. The third kappa shape index (κ3) is 5.19. The quantitative estimate of drug-likeness (QED) is 0.369. The molecule has 3 aromatic rings. The minimum atomic E-state index is -4.29. The molecule has 17 heteroatoms. The van der Waals surface area contributed by atoms with Crippen molar-refractivity contribution in [1.82, 2.24) is 29.9 Å². The SMILES string of the molecule is Cn1cc(-c2ccc(S(=O)(=O)[C@@H]3C[C@@H](C(=O)NC4(C#N)CC4)N(C(=O)C4(c5ncc(Br)cc5F)CCN4C(=O)O)C3)c(Cl)c2)cn1. The molecule has 0 spiro atoms. The number of hydrogen-bond donors (Lipinski definition) is 2. The van der Waals surface area contributed by atoms with Crippen LogP contribution in [0.5, 0.6) is 0 Å². The minimum absolute atomic E-state index is 0.0813. The van der Waals surface area contributed by atoms with Crippen molar-refractivity contribution in [3.05, 3.63) is 63.9 Å². The average Bonchev–Trinajstić information content (AvgIpc) is 3.37. The molecule has 2 aromatic heterocycles. The molecule has 3 aliphatic rings. The van der Waals surface area contributed by atoms with Gasteiger partial charge in [-0.2, -0.15) is 10.4 Å². The Bertz CT molecular complexity index is 1950. The average molecular weight is 735 g/mol. The number of likely N-dealkylation sites (tertiary alicyclic amines) is 2. The lowest BCUT2D eigenvalue weighted by Gasteiger charge is -2.50. The second kappa shape index (κ2) is 11.3. The number of aromatic nitrogens is 3. The molecule has 0 radical (unpaired) electrons. The molecule has 46 heavy (non-hydrogen) atoms. The summed E-state index contributed by atoms with van der Waals surface area (Å²) in [4.78, 5) is 45.9. The fourth-order valence-electron chi connectivity index (χ4n) is 6.10. The number of amides is 3. The first-order chi connectivity index (χ1) is 21.7. The van der Waals surface area contributed by atoms with Gasteiger partial charge in [0.1, 0.15) is 23.1 Å². The van der Waals surface area contributed by atoms with Crippen LogP contribution in [0, 0.1) is 17.1 Å². The zero-order valence-electron chi connectivity index (χ0n) is 24.2. The van der Waals surface area contributed by atoms with Crippen molar-refractivity contribution in [3.63, 3.8) is 0 Å². The van der Waals surface area contributed by atoms with E-state index >= 15 is 4.39 Å². The Labute approximate surface area is 276 Å². The monoisotopic (exact) mass is 733 g/mol. The van der Waals surface area contributed by atoms with Gasteiger partial charge in [-0.25, -0.2) is 17.6 Å². The molecule has 2 aliphatic heterocycles. The predicted octanol–water partition coefficient (Wildman–Crippen LogP) is 3.23. The summed E-state index contributed by atoms with van der Waals surface area (Å²) in [6.07, 6.45) is 3.25. The number of hydrogen-bond acceptors (Lipinski definition) is 8. The molecule has 3 amide bonds. The standard InChI is InChI=1S/C29H26BrClFN7O6S/c1-37-13-17(11-35-37)16-2-3-23(20(31)8-16)46(44,45)19-10-22(25(40)36-28(15-33)4-5-28)38(14-19)26(41)29(6-7-39(29)27(42)43)24-21(32)9-18(30)12-34-24/h2-3,8-9,11-13,19,22H,4-7,10,14H2,1H3,(H,36,40)(H,42,43)/t19-,22+,29?/m1/s1. The van der Waals surface area contributed by atoms with E-state index in [2.05, 4.69) is 31.3 Å². The molecule has 1 saturated carbocycles. The molecule has 1 aromatic carbocycles. The van der Waals surface area contributed by atoms with E-state index in [1.807, 2.05) is 6.07 Å². The van der Waals surface area contributed by atoms with Gasteiger partial charge in [0, 0.05) is 49.0 Å². The second-order valence-corrected chi connectivity index (χ2v) is 15.2. The fourth-order valence-corrected chi connectivity index (χ4v) is 8.64. The maximum absolute atomic E-state index is 15.4. The van der Waals surface area contributed by atoms with Gasteiger partial charge in [-0.05, 0) is 59.0 Å². The summed E-state index contributed by atoms with van der Waals surface area (Å²) >= 11 is 9.61. The summed E-state index contributed by atoms with van der Waals surface area (Å²) in [5.74, 6) is -2.73. The first kappa shape index (κ1) is 31.9. The van der Waals surface area contributed by atoms with Crippen molar-refractivity contribution in [2.45, 2.75) is 52.9 Å². The number of nitriles is 1. The van der Waals surface area contributed by atoms with Crippen molar-refractivity contribution in [2.75, 3.05) is 13.1 Å². The zero-order valence-corrected chi connectivity index (χ0v) is 27.3. The smallest absolute Gasteiger partial charge is 0.408 e. The molecule has 1 unspecified atom stereocenters. The van der Waals surface area contributed by atoms with Crippen molar-refractivity contribution in [2.24, 2.45) is 7.05 Å². The van der Waals surface area contributed by atoms with Gasteiger partial charge in [-0.15, -0.1) is 0 Å². The molecule has 3 fully saturated rings. The van der Waals surface area contributed by atoms with Gasteiger partial charge in [0.2, 0.25) is 5.91 Å². The Hall–Kier alpha value is -4.07. The first-order valence-electron chi connectivity index (χ1n) is 14.1. The Morgan fingerprint density at radius 1 is 1.20 bits per heavy atom. The van der Waals surface area contributed by atoms with Crippen LogP contribution in [0.25, 0.3) is 11.1 Å². The van der Waals surface area contributed by atoms with E-state index in [1.54, 1.807) is 30.2 Å². The van der Waals surface area contributed by atoms with E-state index in [4.69, 9.17) is 11.6 Å². The molecular weight excluding hydrogens is 709 g/mol. The highest BCUT2D eigenvalue weighted by atomic mass is 79.9. The van der Waals surface area contributed by atoms with Crippen molar-refractivity contribution in [3.8, 4) is 17.2 Å². The highest BCUT2D eigenvalue weighted by Crippen LogP contribution is 2.45. The molecule has 0 bridgehead atoms.